The minimum absolute atomic E-state index is 0.0106. The van der Waals surface area contributed by atoms with Gasteiger partial charge in [0.2, 0.25) is 0 Å². The Kier molecular flexibility index (Phi) is 3.36. The molecule has 0 aliphatic carbocycles. The molecule has 0 bridgehead atoms. The third-order valence-electron chi connectivity index (χ3n) is 5.69. The van der Waals surface area contributed by atoms with Crippen LogP contribution in [0, 0.1) is 18.3 Å². The molecular formula is C26H21NO. The van der Waals surface area contributed by atoms with Gasteiger partial charge in [0, 0.05) is 21.7 Å². The number of hydrogen-bond donors (Lipinski definition) is 0. The summed E-state index contributed by atoms with van der Waals surface area (Å²) in [7, 11) is 0. The molecule has 0 amide bonds. The Labute approximate surface area is 164 Å². The molecule has 0 aliphatic rings. The molecule has 0 saturated heterocycles. The lowest BCUT2D eigenvalue weighted by molar-refractivity contribution is 0.570. The van der Waals surface area contributed by atoms with Crippen LogP contribution < -0.4 is 0 Å². The summed E-state index contributed by atoms with van der Waals surface area (Å²) in [6, 6.07) is 21.0. The topological polar surface area (TPSA) is 36.9 Å². The number of benzene rings is 4. The average molecular weight is 363 g/mol. The second-order valence-corrected chi connectivity index (χ2v) is 8.64. The van der Waals surface area contributed by atoms with Gasteiger partial charge in [-0.1, -0.05) is 57.2 Å². The van der Waals surface area contributed by atoms with Crippen molar-refractivity contribution in [3.05, 3.63) is 71.3 Å². The van der Waals surface area contributed by atoms with E-state index < -0.39 is 0 Å². The van der Waals surface area contributed by atoms with Gasteiger partial charge in [0.1, 0.15) is 11.2 Å². The van der Waals surface area contributed by atoms with E-state index in [0.717, 1.165) is 43.5 Å². The van der Waals surface area contributed by atoms with E-state index in [1.807, 2.05) is 18.2 Å². The standard InChI is InChI=1S/C26H21NO/c1-15-5-11-20-19-12-10-18-9-8-17-7-6-16(14-27)13-21(17)22(18)24(19)28-25(20)23(15)26(2,3)4/h5-13H,1-4H3. The van der Waals surface area contributed by atoms with E-state index in [1.165, 1.54) is 11.1 Å². The molecule has 0 radical (unpaired) electrons. The average Bonchev–Trinajstić information content (AvgIpc) is 3.04. The predicted molar refractivity (Wildman–Crippen MR) is 117 cm³/mol. The van der Waals surface area contributed by atoms with Crippen LogP contribution in [0.25, 0.3) is 43.5 Å². The van der Waals surface area contributed by atoms with Crippen molar-refractivity contribution in [2.24, 2.45) is 0 Å². The fraction of sp³-hybridized carbons (Fsp3) is 0.192. The normalized spacial score (nSPS) is 12.2. The molecule has 1 heterocycles. The fourth-order valence-electron chi connectivity index (χ4n) is 4.53. The predicted octanol–water partition coefficient (Wildman–Crippen LogP) is 7.37. The smallest absolute Gasteiger partial charge is 0.143 e. The molecule has 1 aromatic heterocycles. The van der Waals surface area contributed by atoms with Crippen molar-refractivity contribution in [3.8, 4) is 6.07 Å². The molecule has 0 fully saturated rings. The molecule has 5 aromatic rings. The highest BCUT2D eigenvalue weighted by Gasteiger charge is 2.23. The summed E-state index contributed by atoms with van der Waals surface area (Å²) < 4.78 is 6.60. The molecule has 4 aromatic carbocycles. The van der Waals surface area contributed by atoms with Crippen molar-refractivity contribution in [1.82, 2.24) is 0 Å². The third kappa shape index (κ3) is 2.26. The van der Waals surface area contributed by atoms with Crippen LogP contribution >= 0.6 is 0 Å². The van der Waals surface area contributed by atoms with E-state index >= 15 is 0 Å². The second kappa shape index (κ2) is 5.59. The van der Waals surface area contributed by atoms with Crippen molar-refractivity contribution >= 4 is 43.5 Å². The molecule has 0 unspecified atom stereocenters. The Morgan fingerprint density at radius 1 is 0.786 bits per heavy atom. The lowest BCUT2D eigenvalue weighted by Gasteiger charge is -2.21. The first kappa shape index (κ1) is 16.8. The molecule has 0 aliphatic heterocycles. The highest BCUT2D eigenvalue weighted by atomic mass is 16.3. The summed E-state index contributed by atoms with van der Waals surface area (Å²) in [5, 5.41) is 16.1. The van der Waals surface area contributed by atoms with Gasteiger partial charge >= 0.3 is 0 Å². The Balaban J connectivity index is 2.04. The van der Waals surface area contributed by atoms with Gasteiger partial charge in [-0.3, -0.25) is 0 Å². The Bertz CT molecular complexity index is 1460. The van der Waals surface area contributed by atoms with Gasteiger partial charge < -0.3 is 4.42 Å². The maximum absolute atomic E-state index is 9.38. The Morgan fingerprint density at radius 2 is 1.43 bits per heavy atom. The van der Waals surface area contributed by atoms with Gasteiger partial charge in [-0.25, -0.2) is 0 Å². The van der Waals surface area contributed by atoms with E-state index in [1.54, 1.807) is 0 Å². The van der Waals surface area contributed by atoms with Crippen LogP contribution in [-0.2, 0) is 5.41 Å². The maximum atomic E-state index is 9.38. The first-order valence-corrected chi connectivity index (χ1v) is 9.60. The summed E-state index contributed by atoms with van der Waals surface area (Å²) in [6.45, 7) is 8.85. The van der Waals surface area contributed by atoms with Crippen molar-refractivity contribution in [3.63, 3.8) is 0 Å². The minimum atomic E-state index is -0.0106. The number of fused-ring (bicyclic) bond motifs is 7. The molecule has 136 valence electrons. The van der Waals surface area contributed by atoms with Crippen LogP contribution in [0.1, 0.15) is 37.5 Å². The third-order valence-corrected chi connectivity index (χ3v) is 5.69. The van der Waals surface area contributed by atoms with E-state index in [-0.39, 0.29) is 5.41 Å². The van der Waals surface area contributed by atoms with Gasteiger partial charge in [-0.15, -0.1) is 0 Å². The summed E-state index contributed by atoms with van der Waals surface area (Å²) in [5.74, 6) is 0. The summed E-state index contributed by atoms with van der Waals surface area (Å²) in [4.78, 5) is 0. The summed E-state index contributed by atoms with van der Waals surface area (Å²) in [5.41, 5.74) is 5.04. The van der Waals surface area contributed by atoms with Crippen LogP contribution in [0.2, 0.25) is 0 Å². The SMILES string of the molecule is Cc1ccc2c(oc3c2ccc2ccc4ccc(C#N)cc4c23)c1C(C)(C)C. The van der Waals surface area contributed by atoms with Crippen LogP contribution in [0.15, 0.2) is 59.0 Å². The van der Waals surface area contributed by atoms with Gasteiger partial charge in [-0.05, 0) is 52.3 Å². The zero-order valence-corrected chi connectivity index (χ0v) is 16.6. The van der Waals surface area contributed by atoms with E-state index in [0.29, 0.717) is 5.56 Å². The largest absolute Gasteiger partial charge is 0.455 e. The first-order valence-electron chi connectivity index (χ1n) is 9.60. The summed E-state index contributed by atoms with van der Waals surface area (Å²) >= 11 is 0. The molecule has 0 atom stereocenters. The summed E-state index contributed by atoms with van der Waals surface area (Å²) in [6.07, 6.45) is 0. The molecule has 2 heteroatoms. The molecule has 0 N–H and O–H groups in total. The number of furan rings is 1. The van der Waals surface area contributed by atoms with Crippen molar-refractivity contribution in [2.45, 2.75) is 33.1 Å². The molecule has 0 saturated carbocycles. The Morgan fingerprint density at radius 3 is 2.18 bits per heavy atom. The highest BCUT2D eigenvalue weighted by molar-refractivity contribution is 6.23. The van der Waals surface area contributed by atoms with Crippen LogP contribution in [0.4, 0.5) is 0 Å². The molecule has 5 rings (SSSR count). The van der Waals surface area contributed by atoms with Gasteiger partial charge in [0.25, 0.3) is 0 Å². The molecular weight excluding hydrogens is 342 g/mol. The van der Waals surface area contributed by atoms with Crippen molar-refractivity contribution in [1.29, 1.82) is 5.26 Å². The lowest BCUT2D eigenvalue weighted by atomic mass is 9.83. The second-order valence-electron chi connectivity index (χ2n) is 8.64. The van der Waals surface area contributed by atoms with E-state index in [4.69, 9.17) is 4.42 Å². The fourth-order valence-corrected chi connectivity index (χ4v) is 4.53. The number of nitriles is 1. The maximum Gasteiger partial charge on any atom is 0.143 e. The first-order chi connectivity index (χ1) is 13.4. The number of aryl methyl sites for hydroxylation is 1. The van der Waals surface area contributed by atoms with Crippen molar-refractivity contribution in [2.75, 3.05) is 0 Å². The van der Waals surface area contributed by atoms with Gasteiger partial charge in [0.15, 0.2) is 0 Å². The molecule has 28 heavy (non-hydrogen) atoms. The number of rotatable bonds is 0. The molecule has 0 spiro atoms. The minimum Gasteiger partial charge on any atom is -0.455 e. The van der Waals surface area contributed by atoms with Crippen molar-refractivity contribution < 1.29 is 4.42 Å². The van der Waals surface area contributed by atoms with E-state index in [9.17, 15) is 5.26 Å². The zero-order valence-electron chi connectivity index (χ0n) is 16.6. The quantitative estimate of drug-likeness (QED) is 0.269. The zero-order chi connectivity index (χ0) is 19.6. The van der Waals surface area contributed by atoms with E-state index in [2.05, 4.69) is 70.2 Å². The van der Waals surface area contributed by atoms with Crippen LogP contribution in [0.5, 0.6) is 0 Å². The highest BCUT2D eigenvalue weighted by Crippen LogP contribution is 2.42. The monoisotopic (exact) mass is 363 g/mol. The lowest BCUT2D eigenvalue weighted by Crippen LogP contribution is -2.13. The Hall–Kier alpha value is -3.31. The van der Waals surface area contributed by atoms with Crippen LogP contribution in [-0.4, -0.2) is 0 Å². The molecule has 2 nitrogen and oxygen atoms in total. The number of hydrogen-bond acceptors (Lipinski definition) is 2. The number of nitrogens with zero attached hydrogens (tertiary/aromatic N) is 1. The van der Waals surface area contributed by atoms with Gasteiger partial charge in [0.05, 0.1) is 11.6 Å². The van der Waals surface area contributed by atoms with Crippen LogP contribution in [0.3, 0.4) is 0 Å². The van der Waals surface area contributed by atoms with Gasteiger partial charge in [-0.2, -0.15) is 5.26 Å².